The third-order valence-corrected chi connectivity index (χ3v) is 6.53. The van der Waals surface area contributed by atoms with Crippen LogP contribution in [0.1, 0.15) is 73.1 Å². The van der Waals surface area contributed by atoms with Gasteiger partial charge in [-0.1, -0.05) is 37.8 Å². The number of halogens is 2. The number of aliphatic carboxylic acids is 1. The number of carbonyl (C=O) groups is 2. The summed E-state index contributed by atoms with van der Waals surface area (Å²) in [6.45, 7) is -1.86. The van der Waals surface area contributed by atoms with E-state index in [1.54, 1.807) is 0 Å². The number of carboxylic acids is 1. The third-order valence-electron chi connectivity index (χ3n) is 6.53. The van der Waals surface area contributed by atoms with E-state index in [0.29, 0.717) is 22.9 Å². The lowest BCUT2D eigenvalue weighted by Crippen LogP contribution is -2.40. The normalized spacial score (nSPS) is 13.9. The van der Waals surface area contributed by atoms with Gasteiger partial charge in [0.15, 0.2) is 0 Å². The highest BCUT2D eigenvalue weighted by atomic mass is 19.3. The molecule has 1 unspecified atom stereocenters. The largest absolute Gasteiger partial charge is 0.480 e. The SMILES string of the molecule is O=C(NC(CCCCCCCc1ccc2c(n1)NCCC2)C(=O)O)c1ccc2cnn(C(F)F)c2c1. The number of amides is 1. The second kappa shape index (κ2) is 11.9. The lowest BCUT2D eigenvalue weighted by Gasteiger charge is -2.17. The highest BCUT2D eigenvalue weighted by Gasteiger charge is 2.21. The van der Waals surface area contributed by atoms with E-state index in [-0.39, 0.29) is 11.1 Å². The van der Waals surface area contributed by atoms with Crippen LogP contribution in [0.2, 0.25) is 0 Å². The predicted molar refractivity (Wildman–Crippen MR) is 132 cm³/mol. The molecule has 0 spiro atoms. The van der Waals surface area contributed by atoms with Crippen LogP contribution in [-0.4, -0.2) is 44.3 Å². The Bertz CT molecular complexity index is 1210. The van der Waals surface area contributed by atoms with Gasteiger partial charge in [-0.05, 0) is 55.9 Å². The van der Waals surface area contributed by atoms with Gasteiger partial charge < -0.3 is 15.7 Å². The molecule has 192 valence electrons. The van der Waals surface area contributed by atoms with Crippen molar-refractivity contribution in [2.45, 2.75) is 70.4 Å². The van der Waals surface area contributed by atoms with Gasteiger partial charge in [-0.3, -0.25) is 4.79 Å². The number of hydrogen-bond acceptors (Lipinski definition) is 5. The molecule has 36 heavy (non-hydrogen) atoms. The summed E-state index contributed by atoms with van der Waals surface area (Å²) in [5.41, 5.74) is 2.60. The number of benzene rings is 1. The smallest absolute Gasteiger partial charge is 0.333 e. The molecule has 0 radical (unpaired) electrons. The van der Waals surface area contributed by atoms with E-state index in [0.717, 1.165) is 63.0 Å². The van der Waals surface area contributed by atoms with Gasteiger partial charge in [0.2, 0.25) is 0 Å². The fraction of sp³-hybridized carbons (Fsp3) is 0.462. The molecule has 4 rings (SSSR count). The molecule has 1 aliphatic heterocycles. The molecule has 0 saturated carbocycles. The first kappa shape index (κ1) is 25.5. The number of nitrogens with zero attached hydrogens (tertiary/aromatic N) is 3. The van der Waals surface area contributed by atoms with E-state index < -0.39 is 24.5 Å². The fourth-order valence-electron chi connectivity index (χ4n) is 4.53. The molecule has 0 fully saturated rings. The van der Waals surface area contributed by atoms with Crippen LogP contribution in [0.25, 0.3) is 10.9 Å². The van der Waals surface area contributed by atoms with Crippen LogP contribution in [0.3, 0.4) is 0 Å². The number of unbranched alkanes of at least 4 members (excludes halogenated alkanes) is 4. The van der Waals surface area contributed by atoms with Crippen molar-refractivity contribution in [3.05, 3.63) is 53.3 Å². The number of aryl methyl sites for hydroxylation is 2. The molecule has 1 atom stereocenters. The number of carboxylic acid groups (broad SMARTS) is 1. The van der Waals surface area contributed by atoms with E-state index in [1.807, 2.05) is 0 Å². The number of anilines is 1. The van der Waals surface area contributed by atoms with Crippen molar-refractivity contribution in [1.82, 2.24) is 20.1 Å². The molecular weight excluding hydrogens is 468 g/mol. The molecular formula is C26H31F2N5O3. The number of carbonyl (C=O) groups excluding carboxylic acids is 1. The van der Waals surface area contributed by atoms with Crippen LogP contribution in [0.4, 0.5) is 14.6 Å². The van der Waals surface area contributed by atoms with Crippen LogP contribution in [0, 0.1) is 0 Å². The summed E-state index contributed by atoms with van der Waals surface area (Å²) >= 11 is 0. The molecule has 3 heterocycles. The zero-order valence-corrected chi connectivity index (χ0v) is 20.1. The summed E-state index contributed by atoms with van der Waals surface area (Å²) in [6.07, 6.45) is 9.26. The number of aromatic nitrogens is 3. The highest BCUT2D eigenvalue weighted by molar-refractivity contribution is 5.99. The van der Waals surface area contributed by atoms with Crippen molar-refractivity contribution in [1.29, 1.82) is 0 Å². The first-order valence-corrected chi connectivity index (χ1v) is 12.4. The Hall–Kier alpha value is -3.56. The third kappa shape index (κ3) is 6.35. The Kier molecular flexibility index (Phi) is 8.45. The molecule has 8 nitrogen and oxygen atoms in total. The Morgan fingerprint density at radius 1 is 1.11 bits per heavy atom. The maximum atomic E-state index is 13.1. The van der Waals surface area contributed by atoms with Gasteiger partial charge in [0.05, 0.1) is 11.7 Å². The zero-order valence-electron chi connectivity index (χ0n) is 20.1. The van der Waals surface area contributed by atoms with Gasteiger partial charge in [-0.2, -0.15) is 13.9 Å². The average molecular weight is 500 g/mol. The maximum Gasteiger partial charge on any atom is 0.333 e. The van der Waals surface area contributed by atoms with Crippen molar-refractivity contribution in [2.24, 2.45) is 0 Å². The van der Waals surface area contributed by atoms with Crippen LogP contribution in [0.15, 0.2) is 36.5 Å². The maximum absolute atomic E-state index is 13.1. The Morgan fingerprint density at radius 3 is 2.72 bits per heavy atom. The van der Waals surface area contributed by atoms with Crippen LogP contribution in [0.5, 0.6) is 0 Å². The number of pyridine rings is 1. The second-order valence-corrected chi connectivity index (χ2v) is 9.15. The Labute approximate surface area is 208 Å². The van der Waals surface area contributed by atoms with Gasteiger partial charge >= 0.3 is 12.5 Å². The average Bonchev–Trinajstić information content (AvgIpc) is 3.31. The standard InChI is InChI=1S/C26H31F2N5O3/c27-26(28)33-22-15-18(10-11-19(22)16-30-33)24(34)32-21(25(35)36)9-5-3-1-2-4-8-20-13-12-17-7-6-14-29-23(17)31-20/h10-13,15-16,21,26H,1-9,14H2,(H,29,31)(H,32,34)(H,35,36). The van der Waals surface area contributed by atoms with Gasteiger partial charge in [0, 0.05) is 23.2 Å². The molecule has 3 aromatic rings. The first-order valence-electron chi connectivity index (χ1n) is 12.4. The fourth-order valence-corrected chi connectivity index (χ4v) is 4.53. The molecule has 1 amide bonds. The molecule has 0 bridgehead atoms. The van der Waals surface area contributed by atoms with Crippen LogP contribution in [-0.2, 0) is 17.6 Å². The number of fused-ring (bicyclic) bond motifs is 2. The summed E-state index contributed by atoms with van der Waals surface area (Å²) in [7, 11) is 0. The van der Waals surface area contributed by atoms with Crippen molar-refractivity contribution >= 4 is 28.6 Å². The minimum atomic E-state index is -2.83. The van der Waals surface area contributed by atoms with Crippen molar-refractivity contribution in [2.75, 3.05) is 11.9 Å². The number of hydrogen-bond donors (Lipinski definition) is 3. The molecule has 2 aromatic heterocycles. The minimum Gasteiger partial charge on any atom is -0.480 e. The topological polar surface area (TPSA) is 109 Å². The first-order chi connectivity index (χ1) is 17.4. The van der Waals surface area contributed by atoms with Crippen LogP contribution >= 0.6 is 0 Å². The van der Waals surface area contributed by atoms with Crippen molar-refractivity contribution in [3.63, 3.8) is 0 Å². The van der Waals surface area contributed by atoms with Gasteiger partial charge in [0.25, 0.3) is 5.91 Å². The highest BCUT2D eigenvalue weighted by Crippen LogP contribution is 2.22. The molecule has 0 aliphatic carbocycles. The minimum absolute atomic E-state index is 0.113. The quantitative estimate of drug-likeness (QED) is 0.304. The Balaban J connectivity index is 1.19. The van der Waals surface area contributed by atoms with Gasteiger partial charge in [-0.25, -0.2) is 14.5 Å². The van der Waals surface area contributed by atoms with E-state index in [4.69, 9.17) is 4.98 Å². The lowest BCUT2D eigenvalue weighted by molar-refractivity contribution is -0.139. The number of alkyl halides is 2. The summed E-state index contributed by atoms with van der Waals surface area (Å²) in [5.74, 6) is -0.715. The Morgan fingerprint density at radius 2 is 1.92 bits per heavy atom. The van der Waals surface area contributed by atoms with Gasteiger partial charge in [0.1, 0.15) is 11.9 Å². The number of nitrogens with one attached hydrogen (secondary N) is 2. The summed E-state index contributed by atoms with van der Waals surface area (Å²) in [5, 5.41) is 19.5. The predicted octanol–water partition coefficient (Wildman–Crippen LogP) is 4.95. The molecule has 10 heteroatoms. The van der Waals surface area contributed by atoms with Crippen molar-refractivity contribution < 1.29 is 23.5 Å². The molecule has 0 saturated heterocycles. The molecule has 3 N–H and O–H groups in total. The summed E-state index contributed by atoms with van der Waals surface area (Å²) < 4.78 is 26.7. The zero-order chi connectivity index (χ0) is 25.5. The summed E-state index contributed by atoms with van der Waals surface area (Å²) in [4.78, 5) is 29.0. The van der Waals surface area contributed by atoms with E-state index in [9.17, 15) is 23.5 Å². The molecule has 1 aliphatic rings. The van der Waals surface area contributed by atoms with E-state index >= 15 is 0 Å². The van der Waals surface area contributed by atoms with E-state index in [2.05, 4.69) is 27.9 Å². The lowest BCUT2D eigenvalue weighted by atomic mass is 10.0. The molecule has 1 aromatic carbocycles. The van der Waals surface area contributed by atoms with Gasteiger partial charge in [-0.15, -0.1) is 0 Å². The monoisotopic (exact) mass is 499 g/mol. The second-order valence-electron chi connectivity index (χ2n) is 9.15. The van der Waals surface area contributed by atoms with Crippen LogP contribution < -0.4 is 10.6 Å². The van der Waals surface area contributed by atoms with Crippen molar-refractivity contribution in [3.8, 4) is 0 Å². The number of rotatable bonds is 12. The summed E-state index contributed by atoms with van der Waals surface area (Å²) in [6, 6.07) is 7.51. The van der Waals surface area contributed by atoms with E-state index in [1.165, 1.54) is 30.0 Å².